The highest BCUT2D eigenvalue weighted by Crippen LogP contribution is 2.51. The second kappa shape index (κ2) is 14.3. The molecular weight excluding hydrogens is 712 g/mol. The fourth-order valence-corrected chi connectivity index (χ4v) is 6.61. The molecule has 3 aliphatic heterocycles. The minimum Gasteiger partial charge on any atom is -0.464 e. The van der Waals surface area contributed by atoms with E-state index >= 15 is 0 Å². The number of rotatable bonds is 7. The van der Waals surface area contributed by atoms with Crippen LogP contribution in [0.25, 0.3) is 0 Å². The van der Waals surface area contributed by atoms with Crippen molar-refractivity contribution in [1.29, 1.82) is 0 Å². The van der Waals surface area contributed by atoms with Gasteiger partial charge in [-0.1, -0.05) is 68.4 Å². The van der Waals surface area contributed by atoms with E-state index in [0.717, 1.165) is 5.56 Å². The maximum absolute atomic E-state index is 14.7. The van der Waals surface area contributed by atoms with E-state index in [-0.39, 0.29) is 48.8 Å². The van der Waals surface area contributed by atoms with Gasteiger partial charge in [-0.2, -0.15) is 0 Å². The Morgan fingerprint density at radius 2 is 1.80 bits per heavy atom. The van der Waals surface area contributed by atoms with E-state index in [9.17, 15) is 19.2 Å². The van der Waals surface area contributed by atoms with Crippen molar-refractivity contribution < 1.29 is 42.5 Å². The molecule has 7 rings (SSSR count). The molecule has 50 heavy (non-hydrogen) atoms. The second-order valence-electron chi connectivity index (χ2n) is 12.1. The molecule has 0 saturated heterocycles. The van der Waals surface area contributed by atoms with Crippen molar-refractivity contribution in [1.82, 2.24) is 15.6 Å². The Morgan fingerprint density at radius 1 is 1.06 bits per heavy atom. The van der Waals surface area contributed by atoms with Crippen LogP contribution in [0.3, 0.4) is 0 Å². The molecule has 4 bridgehead atoms. The summed E-state index contributed by atoms with van der Waals surface area (Å²) in [5.41, 5.74) is -0.0916. The van der Waals surface area contributed by atoms with Crippen molar-refractivity contribution in [2.24, 2.45) is 5.92 Å². The van der Waals surface area contributed by atoms with Gasteiger partial charge in [-0.15, -0.1) is 0 Å². The van der Waals surface area contributed by atoms with Crippen LogP contribution >= 0.6 is 15.9 Å². The minimum absolute atomic E-state index is 0.0129. The lowest BCUT2D eigenvalue weighted by Gasteiger charge is -2.29. The number of halogens is 1. The van der Waals surface area contributed by atoms with Crippen LogP contribution in [0.1, 0.15) is 58.7 Å². The number of alkyl carbamates (subject to hydrolysis) is 1. The molecule has 0 radical (unpaired) electrons. The summed E-state index contributed by atoms with van der Waals surface area (Å²) in [4.78, 5) is 60.9. The number of amides is 3. The average Bonchev–Trinajstić information content (AvgIpc) is 3.65. The predicted octanol–water partition coefficient (Wildman–Crippen LogP) is 5.16. The number of ether oxygens (including phenoxy) is 4. The summed E-state index contributed by atoms with van der Waals surface area (Å²) in [5.74, 6) is -2.44. The van der Waals surface area contributed by atoms with Crippen LogP contribution in [0.5, 0.6) is 5.75 Å². The molecule has 3 atom stereocenters. The summed E-state index contributed by atoms with van der Waals surface area (Å²) >= 11 is 3.56. The van der Waals surface area contributed by atoms with Gasteiger partial charge in [-0.3, -0.25) is 14.5 Å². The molecule has 3 amide bonds. The quantitative estimate of drug-likeness (QED) is 0.242. The van der Waals surface area contributed by atoms with Gasteiger partial charge in [0.2, 0.25) is 11.8 Å². The van der Waals surface area contributed by atoms with Crippen LogP contribution in [0, 0.1) is 5.92 Å². The predicted molar refractivity (Wildman–Crippen MR) is 182 cm³/mol. The highest BCUT2D eigenvalue weighted by atomic mass is 79.9. The zero-order chi connectivity index (χ0) is 35.6. The molecule has 1 aromatic heterocycles. The summed E-state index contributed by atoms with van der Waals surface area (Å²) in [6.07, 6.45) is -0.696. The first-order chi connectivity index (χ1) is 24.1. The van der Waals surface area contributed by atoms with Gasteiger partial charge in [0.05, 0.1) is 12.8 Å². The van der Waals surface area contributed by atoms with Crippen LogP contribution in [0.2, 0.25) is 0 Å². The summed E-state index contributed by atoms with van der Waals surface area (Å²) < 4.78 is 29.6. The van der Waals surface area contributed by atoms with Crippen molar-refractivity contribution >= 4 is 45.5 Å². The molecule has 13 nitrogen and oxygen atoms in total. The van der Waals surface area contributed by atoms with E-state index in [1.165, 1.54) is 19.1 Å². The SMILES string of the molecule is COCN1C(=O)C2(Oc3ccc(cc3)C[C@H](NC(=O)OCc3ccccc3)C(=O)N[C@@H](C(C)C)c3nc(C(=O)OC)c2o3)c2cccc(Br)c21. The molecular formula is C36H35BrN4O9. The Morgan fingerprint density at radius 3 is 2.48 bits per heavy atom. The number of anilines is 1. The number of esters is 1. The number of hydrogen-bond donors (Lipinski definition) is 2. The third-order valence-corrected chi connectivity index (χ3v) is 9.11. The number of methoxy groups -OCH3 is 2. The molecule has 3 aromatic carbocycles. The van der Waals surface area contributed by atoms with Crippen molar-refractivity contribution in [3.8, 4) is 5.75 Å². The lowest BCUT2D eigenvalue weighted by atomic mass is 9.90. The molecule has 2 N–H and O–H groups in total. The van der Waals surface area contributed by atoms with Gasteiger partial charge in [0.25, 0.3) is 11.5 Å². The van der Waals surface area contributed by atoms with E-state index in [1.807, 2.05) is 44.2 Å². The Bertz CT molecular complexity index is 1910. The highest BCUT2D eigenvalue weighted by molar-refractivity contribution is 9.10. The topological polar surface area (TPSA) is 159 Å². The smallest absolute Gasteiger partial charge is 0.408 e. The molecule has 0 fully saturated rings. The monoisotopic (exact) mass is 746 g/mol. The average molecular weight is 748 g/mol. The van der Waals surface area contributed by atoms with Gasteiger partial charge in [0.15, 0.2) is 11.5 Å². The van der Waals surface area contributed by atoms with Crippen LogP contribution in [0.4, 0.5) is 10.5 Å². The van der Waals surface area contributed by atoms with Crippen LogP contribution in [0.15, 0.2) is 81.7 Å². The first-order valence-corrected chi connectivity index (χ1v) is 16.6. The Kier molecular flexibility index (Phi) is 9.93. The number of nitrogens with zero attached hydrogens (tertiary/aromatic N) is 2. The number of nitrogens with one attached hydrogen (secondary N) is 2. The molecule has 1 spiro atoms. The van der Waals surface area contributed by atoms with Crippen molar-refractivity contribution in [2.75, 3.05) is 25.9 Å². The van der Waals surface area contributed by atoms with Crippen molar-refractivity contribution in [3.63, 3.8) is 0 Å². The summed E-state index contributed by atoms with van der Waals surface area (Å²) in [5, 5.41) is 5.62. The third-order valence-electron chi connectivity index (χ3n) is 8.47. The van der Waals surface area contributed by atoms with Crippen LogP contribution in [-0.2, 0) is 42.4 Å². The van der Waals surface area contributed by atoms with Crippen molar-refractivity contribution in [2.45, 2.75) is 44.6 Å². The maximum atomic E-state index is 14.7. The first kappa shape index (κ1) is 34.6. The number of oxazole rings is 1. The molecule has 0 saturated carbocycles. The van der Waals surface area contributed by atoms with E-state index in [1.54, 1.807) is 42.5 Å². The van der Waals surface area contributed by atoms with E-state index in [4.69, 9.17) is 23.4 Å². The van der Waals surface area contributed by atoms with E-state index in [2.05, 4.69) is 31.5 Å². The molecule has 260 valence electrons. The number of carbonyl (C=O) groups is 4. The fourth-order valence-electron chi connectivity index (χ4n) is 6.03. The summed E-state index contributed by atoms with van der Waals surface area (Å²) in [6.45, 7) is 3.52. The lowest BCUT2D eigenvalue weighted by molar-refractivity contribution is -0.132. The second-order valence-corrected chi connectivity index (χ2v) is 13.0. The number of aromatic nitrogens is 1. The summed E-state index contributed by atoms with van der Waals surface area (Å²) in [6, 6.07) is 19.1. The number of fused-ring (bicyclic) bond motifs is 7. The standard InChI is InChI=1S/C36H35BrN4O9/c1-20(2)27-32-40-28(33(43)47-4)30(49-32)36(24-11-8-12-25(37)29(24)41(19-46-3)34(36)44)50-23-15-13-21(14-16-23)17-26(31(42)39-27)38-35(45)48-18-22-9-6-5-7-10-22/h5-16,20,26-27H,17-19H2,1-4H3,(H,38,45)(H,39,42)/t26-,27-,36?/m0/s1. The zero-order valence-corrected chi connectivity index (χ0v) is 29.3. The van der Waals surface area contributed by atoms with Crippen LogP contribution < -0.4 is 20.3 Å². The Balaban J connectivity index is 1.48. The third kappa shape index (κ3) is 6.43. The highest BCUT2D eigenvalue weighted by Gasteiger charge is 2.60. The largest absolute Gasteiger partial charge is 0.464 e. The van der Waals surface area contributed by atoms with Crippen molar-refractivity contribution in [3.05, 3.63) is 111 Å². The molecule has 4 aromatic rings. The van der Waals surface area contributed by atoms with Gasteiger partial charge in [-0.25, -0.2) is 14.6 Å². The number of para-hydroxylation sites is 1. The van der Waals surface area contributed by atoms with Gasteiger partial charge in [0.1, 0.15) is 31.2 Å². The molecule has 14 heteroatoms. The molecule has 3 aliphatic rings. The van der Waals surface area contributed by atoms with Gasteiger partial charge < -0.3 is 34.0 Å². The normalized spacial score (nSPS) is 19.8. The number of carbonyl (C=O) groups excluding carboxylic acids is 4. The van der Waals surface area contributed by atoms with Gasteiger partial charge >= 0.3 is 12.1 Å². The molecule has 4 heterocycles. The van der Waals surface area contributed by atoms with Crippen LogP contribution in [-0.4, -0.2) is 55.9 Å². The molecule has 1 unspecified atom stereocenters. The summed E-state index contributed by atoms with van der Waals surface area (Å²) in [7, 11) is 2.64. The Labute approximate surface area is 296 Å². The van der Waals surface area contributed by atoms with E-state index < -0.39 is 41.6 Å². The van der Waals surface area contributed by atoms with Gasteiger partial charge in [0, 0.05) is 23.6 Å². The minimum atomic E-state index is -2.06. The maximum Gasteiger partial charge on any atom is 0.408 e. The number of hydrogen-bond acceptors (Lipinski definition) is 10. The fraction of sp³-hybridized carbons (Fsp3) is 0.306. The van der Waals surface area contributed by atoms with E-state index in [0.29, 0.717) is 21.3 Å². The zero-order valence-electron chi connectivity index (χ0n) is 27.7. The molecule has 0 aliphatic carbocycles. The lowest BCUT2D eigenvalue weighted by Crippen LogP contribution is -2.49. The Hall–Kier alpha value is -5.21. The number of benzene rings is 3. The van der Waals surface area contributed by atoms with Gasteiger partial charge in [-0.05, 0) is 51.2 Å². The first-order valence-electron chi connectivity index (χ1n) is 15.8.